The van der Waals surface area contributed by atoms with Crippen LogP contribution in [0.3, 0.4) is 0 Å². The summed E-state index contributed by atoms with van der Waals surface area (Å²) < 4.78 is 1.58. The number of nitrogens with zero attached hydrogens (tertiary/aromatic N) is 4. The van der Waals surface area contributed by atoms with Crippen molar-refractivity contribution in [2.75, 3.05) is 13.2 Å². The van der Waals surface area contributed by atoms with Gasteiger partial charge in [0.2, 0.25) is 5.91 Å². The third kappa shape index (κ3) is 4.24. The molecule has 1 aromatic heterocycles. The van der Waals surface area contributed by atoms with Crippen molar-refractivity contribution in [1.82, 2.24) is 19.7 Å². The van der Waals surface area contributed by atoms with Crippen molar-refractivity contribution in [2.45, 2.75) is 44.9 Å². The van der Waals surface area contributed by atoms with E-state index in [9.17, 15) is 15.0 Å². The van der Waals surface area contributed by atoms with Gasteiger partial charge < -0.3 is 15.1 Å². The van der Waals surface area contributed by atoms with Gasteiger partial charge in [-0.3, -0.25) is 4.79 Å². The van der Waals surface area contributed by atoms with E-state index in [4.69, 9.17) is 0 Å². The van der Waals surface area contributed by atoms with Crippen LogP contribution in [0, 0.1) is 0 Å². The number of aliphatic hydroxyl groups excluding tert-OH is 2. The number of hydrogen-bond acceptors (Lipinski definition) is 5. The monoisotopic (exact) mass is 344 g/mol. The lowest BCUT2D eigenvalue weighted by molar-refractivity contribution is -0.131. The lowest BCUT2D eigenvalue weighted by atomic mass is 10.1. The average Bonchev–Trinajstić information content (AvgIpc) is 2.91. The Morgan fingerprint density at radius 1 is 1.16 bits per heavy atom. The molecule has 1 aliphatic rings. The van der Waals surface area contributed by atoms with Gasteiger partial charge in [0, 0.05) is 13.0 Å². The maximum atomic E-state index is 12.2. The molecule has 0 aliphatic carbocycles. The van der Waals surface area contributed by atoms with Crippen LogP contribution < -0.4 is 0 Å². The Kier molecular flexibility index (Phi) is 5.78. The van der Waals surface area contributed by atoms with Crippen molar-refractivity contribution < 1.29 is 15.0 Å². The van der Waals surface area contributed by atoms with Gasteiger partial charge in [0.25, 0.3) is 0 Å². The molecule has 2 N–H and O–H groups in total. The molecule has 0 spiro atoms. The molecule has 1 fully saturated rings. The molecular formula is C18H24N4O3. The van der Waals surface area contributed by atoms with E-state index in [-0.39, 0.29) is 24.9 Å². The number of likely N-dealkylation sites (tertiary alicyclic amines) is 1. The summed E-state index contributed by atoms with van der Waals surface area (Å²) in [5.41, 5.74) is 0.709. The molecular weight excluding hydrogens is 320 g/mol. The highest BCUT2D eigenvalue weighted by Gasteiger charge is 2.22. The quantitative estimate of drug-likeness (QED) is 0.823. The second kappa shape index (κ2) is 8.22. The summed E-state index contributed by atoms with van der Waals surface area (Å²) in [5, 5.41) is 24.1. The van der Waals surface area contributed by atoms with Gasteiger partial charge in [-0.25, -0.2) is 9.67 Å². The summed E-state index contributed by atoms with van der Waals surface area (Å²) >= 11 is 0. The van der Waals surface area contributed by atoms with Crippen LogP contribution in [0.25, 0.3) is 0 Å². The van der Waals surface area contributed by atoms with Crippen molar-refractivity contribution >= 4 is 5.91 Å². The minimum atomic E-state index is -0.931. The fraction of sp³-hybridized carbons (Fsp3) is 0.500. The number of carbonyl (C=O) groups excluding carboxylic acids is 1. The first-order chi connectivity index (χ1) is 12.2. The minimum Gasteiger partial charge on any atom is -0.394 e. The van der Waals surface area contributed by atoms with Crippen molar-refractivity contribution in [3.8, 4) is 0 Å². The molecule has 25 heavy (non-hydrogen) atoms. The predicted molar refractivity (Wildman–Crippen MR) is 91.5 cm³/mol. The topological polar surface area (TPSA) is 91.5 Å². The highest BCUT2D eigenvalue weighted by atomic mass is 16.3. The zero-order valence-corrected chi connectivity index (χ0v) is 14.2. The number of aliphatic hydroxyl groups is 2. The SMILES string of the molecule is O=C1CCCCCN1Cc1nc(C(O)c2ccccc2)nn1CCO. The first-order valence-electron chi connectivity index (χ1n) is 8.74. The first-order valence-corrected chi connectivity index (χ1v) is 8.74. The molecule has 2 heterocycles. The molecule has 0 radical (unpaired) electrons. The Bertz CT molecular complexity index is 702. The third-order valence-electron chi connectivity index (χ3n) is 4.44. The second-order valence-electron chi connectivity index (χ2n) is 6.27. The summed E-state index contributed by atoms with van der Waals surface area (Å²) in [7, 11) is 0. The zero-order chi connectivity index (χ0) is 17.6. The maximum absolute atomic E-state index is 12.2. The first kappa shape index (κ1) is 17.6. The van der Waals surface area contributed by atoms with Gasteiger partial charge in [-0.1, -0.05) is 36.8 Å². The van der Waals surface area contributed by atoms with Crippen LogP contribution in [0.1, 0.15) is 49.0 Å². The summed E-state index contributed by atoms with van der Waals surface area (Å²) in [5.74, 6) is 1.01. The van der Waals surface area contributed by atoms with E-state index in [0.29, 0.717) is 30.9 Å². The van der Waals surface area contributed by atoms with Crippen LogP contribution in [0.2, 0.25) is 0 Å². The molecule has 7 nitrogen and oxygen atoms in total. The number of carbonyl (C=O) groups is 1. The van der Waals surface area contributed by atoms with Crippen LogP contribution in [-0.4, -0.2) is 48.9 Å². The van der Waals surface area contributed by atoms with E-state index in [1.807, 2.05) is 30.3 Å². The predicted octanol–water partition coefficient (Wildman–Crippen LogP) is 1.25. The van der Waals surface area contributed by atoms with E-state index in [0.717, 1.165) is 19.3 Å². The smallest absolute Gasteiger partial charge is 0.222 e. The summed E-state index contributed by atoms with van der Waals surface area (Å²) in [6, 6.07) is 9.20. The van der Waals surface area contributed by atoms with Gasteiger partial charge in [0.1, 0.15) is 11.9 Å². The Morgan fingerprint density at radius 3 is 2.72 bits per heavy atom. The van der Waals surface area contributed by atoms with Gasteiger partial charge >= 0.3 is 0 Å². The van der Waals surface area contributed by atoms with E-state index >= 15 is 0 Å². The summed E-state index contributed by atoms with van der Waals surface area (Å²) in [4.78, 5) is 18.5. The highest BCUT2D eigenvalue weighted by molar-refractivity contribution is 5.76. The number of amides is 1. The van der Waals surface area contributed by atoms with Crippen LogP contribution in [-0.2, 0) is 17.9 Å². The molecule has 0 bridgehead atoms. The maximum Gasteiger partial charge on any atom is 0.222 e. The zero-order valence-electron chi connectivity index (χ0n) is 14.2. The second-order valence-corrected chi connectivity index (χ2v) is 6.27. The number of benzene rings is 1. The summed E-state index contributed by atoms with van der Waals surface area (Å²) in [6.07, 6.45) is 2.60. The number of hydrogen-bond donors (Lipinski definition) is 2. The Morgan fingerprint density at radius 2 is 1.96 bits per heavy atom. The molecule has 1 aliphatic heterocycles. The molecule has 1 saturated heterocycles. The fourth-order valence-electron chi connectivity index (χ4n) is 3.06. The lowest BCUT2D eigenvalue weighted by Gasteiger charge is -2.19. The molecule has 1 unspecified atom stereocenters. The van der Waals surface area contributed by atoms with Gasteiger partial charge in [-0.05, 0) is 18.4 Å². The Balaban J connectivity index is 1.83. The molecule has 1 aromatic carbocycles. The van der Waals surface area contributed by atoms with Crippen LogP contribution >= 0.6 is 0 Å². The fourth-order valence-corrected chi connectivity index (χ4v) is 3.06. The molecule has 7 heteroatoms. The molecule has 134 valence electrons. The van der Waals surface area contributed by atoms with Gasteiger partial charge in [0.15, 0.2) is 5.82 Å². The van der Waals surface area contributed by atoms with Crippen molar-refractivity contribution in [2.24, 2.45) is 0 Å². The number of rotatable bonds is 6. The van der Waals surface area contributed by atoms with Gasteiger partial charge in [-0.15, -0.1) is 0 Å². The molecule has 3 rings (SSSR count). The van der Waals surface area contributed by atoms with Crippen molar-refractivity contribution in [1.29, 1.82) is 0 Å². The number of aromatic nitrogens is 3. The van der Waals surface area contributed by atoms with E-state index in [1.54, 1.807) is 9.58 Å². The van der Waals surface area contributed by atoms with E-state index in [1.165, 1.54) is 0 Å². The normalized spacial score (nSPS) is 16.7. The highest BCUT2D eigenvalue weighted by Crippen LogP contribution is 2.20. The van der Waals surface area contributed by atoms with E-state index < -0.39 is 6.10 Å². The molecule has 1 amide bonds. The van der Waals surface area contributed by atoms with Crippen LogP contribution in [0.15, 0.2) is 30.3 Å². The third-order valence-corrected chi connectivity index (χ3v) is 4.44. The standard InChI is InChI=1S/C18H24N4O3/c23-12-11-22-15(13-21-10-6-2-5-9-16(21)24)19-18(20-22)17(25)14-7-3-1-4-8-14/h1,3-4,7-8,17,23,25H,2,5-6,9-13H2. The lowest BCUT2D eigenvalue weighted by Crippen LogP contribution is -2.31. The Hall–Kier alpha value is -2.25. The van der Waals surface area contributed by atoms with Crippen LogP contribution in [0.4, 0.5) is 0 Å². The van der Waals surface area contributed by atoms with E-state index in [2.05, 4.69) is 10.1 Å². The minimum absolute atomic E-state index is 0.0782. The van der Waals surface area contributed by atoms with Gasteiger partial charge in [-0.2, -0.15) is 5.10 Å². The molecule has 0 saturated carbocycles. The summed E-state index contributed by atoms with van der Waals surface area (Å²) in [6.45, 7) is 1.27. The molecule has 1 atom stereocenters. The van der Waals surface area contributed by atoms with Gasteiger partial charge in [0.05, 0.1) is 19.7 Å². The van der Waals surface area contributed by atoms with Crippen LogP contribution in [0.5, 0.6) is 0 Å². The van der Waals surface area contributed by atoms with Crippen molar-refractivity contribution in [3.05, 3.63) is 47.5 Å². The largest absolute Gasteiger partial charge is 0.394 e. The average molecular weight is 344 g/mol. The van der Waals surface area contributed by atoms with Crippen molar-refractivity contribution in [3.63, 3.8) is 0 Å². The molecule has 2 aromatic rings. The Labute approximate surface area is 146 Å².